The van der Waals surface area contributed by atoms with Crippen LogP contribution in [0, 0.1) is 6.92 Å². The number of para-hydroxylation sites is 3. The van der Waals surface area contributed by atoms with E-state index in [9.17, 15) is 9.59 Å². The van der Waals surface area contributed by atoms with Crippen LogP contribution in [0.3, 0.4) is 0 Å². The minimum atomic E-state index is -0.387. The van der Waals surface area contributed by atoms with Crippen LogP contribution in [0.5, 0.6) is 17.2 Å². The van der Waals surface area contributed by atoms with Gasteiger partial charge in [0.1, 0.15) is 11.5 Å². The first kappa shape index (κ1) is 19.9. The van der Waals surface area contributed by atoms with Crippen LogP contribution >= 0.6 is 0 Å². The second-order valence-corrected chi connectivity index (χ2v) is 6.34. The lowest BCUT2D eigenvalue weighted by molar-refractivity contribution is -0.115. The minimum Gasteiger partial charge on any atom is -0.496 e. The van der Waals surface area contributed by atoms with E-state index in [1.807, 2.05) is 37.3 Å². The number of carbonyl (C=O) groups excluding carboxylic acids is 2. The monoisotopic (exact) mass is 390 g/mol. The van der Waals surface area contributed by atoms with E-state index in [2.05, 4.69) is 10.6 Å². The van der Waals surface area contributed by atoms with E-state index in [0.717, 1.165) is 5.56 Å². The first-order chi connectivity index (χ1) is 14.1. The lowest BCUT2D eigenvalue weighted by Gasteiger charge is -2.13. The highest BCUT2D eigenvalue weighted by molar-refractivity contribution is 6.01. The van der Waals surface area contributed by atoms with Gasteiger partial charge in [0.15, 0.2) is 5.75 Å². The summed E-state index contributed by atoms with van der Waals surface area (Å²) < 4.78 is 11.0. The molecule has 0 heterocycles. The van der Waals surface area contributed by atoms with E-state index in [1.165, 1.54) is 7.11 Å². The molecule has 29 heavy (non-hydrogen) atoms. The number of hydrogen-bond acceptors (Lipinski definition) is 4. The van der Waals surface area contributed by atoms with Gasteiger partial charge < -0.3 is 20.1 Å². The molecule has 2 amide bonds. The van der Waals surface area contributed by atoms with Crippen LogP contribution in [0.15, 0.2) is 72.8 Å². The largest absolute Gasteiger partial charge is 0.496 e. The average Bonchev–Trinajstić information content (AvgIpc) is 2.75. The van der Waals surface area contributed by atoms with Crippen LogP contribution in [0.2, 0.25) is 0 Å². The van der Waals surface area contributed by atoms with Crippen LogP contribution in [0.4, 0.5) is 5.69 Å². The Bertz CT molecular complexity index is 1000. The zero-order valence-corrected chi connectivity index (χ0v) is 16.3. The SMILES string of the molecule is COc1ccccc1C(=O)NCC(=O)Nc1ccccc1Oc1ccc(C)cc1. The number of hydrogen-bond donors (Lipinski definition) is 2. The lowest BCUT2D eigenvalue weighted by atomic mass is 10.2. The second kappa shape index (κ2) is 9.41. The first-order valence-corrected chi connectivity index (χ1v) is 9.11. The van der Waals surface area contributed by atoms with Crippen molar-refractivity contribution in [3.63, 3.8) is 0 Å². The number of rotatable bonds is 7. The zero-order valence-electron chi connectivity index (χ0n) is 16.3. The molecule has 3 aromatic rings. The number of anilines is 1. The van der Waals surface area contributed by atoms with Gasteiger partial charge >= 0.3 is 0 Å². The van der Waals surface area contributed by atoms with E-state index in [-0.39, 0.29) is 18.4 Å². The molecule has 148 valence electrons. The molecule has 6 heteroatoms. The Hall–Kier alpha value is -3.80. The summed E-state index contributed by atoms with van der Waals surface area (Å²) in [7, 11) is 1.49. The van der Waals surface area contributed by atoms with Crippen LogP contribution < -0.4 is 20.1 Å². The summed E-state index contributed by atoms with van der Waals surface area (Å²) in [4.78, 5) is 24.7. The highest BCUT2D eigenvalue weighted by atomic mass is 16.5. The van der Waals surface area contributed by atoms with Gasteiger partial charge in [-0.05, 0) is 43.3 Å². The van der Waals surface area contributed by atoms with Crippen molar-refractivity contribution in [2.24, 2.45) is 0 Å². The standard InChI is InChI=1S/C23H22N2O4/c1-16-11-13-17(14-12-16)29-21-10-6-4-8-19(21)25-22(26)15-24-23(27)18-7-3-5-9-20(18)28-2/h3-14H,15H2,1-2H3,(H,24,27)(H,25,26). The Morgan fingerprint density at radius 3 is 2.24 bits per heavy atom. The summed E-state index contributed by atoms with van der Waals surface area (Å²) in [5.41, 5.74) is 2.01. The fourth-order valence-electron chi connectivity index (χ4n) is 2.67. The van der Waals surface area contributed by atoms with Gasteiger partial charge in [-0.3, -0.25) is 9.59 Å². The minimum absolute atomic E-state index is 0.185. The van der Waals surface area contributed by atoms with Crippen molar-refractivity contribution in [2.75, 3.05) is 19.0 Å². The van der Waals surface area contributed by atoms with Gasteiger partial charge in [0, 0.05) is 0 Å². The van der Waals surface area contributed by atoms with Crippen LogP contribution in [-0.2, 0) is 4.79 Å². The van der Waals surface area contributed by atoms with Gasteiger partial charge in [-0.1, -0.05) is 42.0 Å². The van der Waals surface area contributed by atoms with Gasteiger partial charge in [0.2, 0.25) is 5.91 Å². The number of aryl methyl sites for hydroxylation is 1. The Morgan fingerprint density at radius 2 is 1.52 bits per heavy atom. The molecule has 3 rings (SSSR count). The molecular weight excluding hydrogens is 368 g/mol. The van der Waals surface area contributed by atoms with Crippen molar-refractivity contribution in [3.05, 3.63) is 83.9 Å². The molecule has 0 saturated heterocycles. The zero-order chi connectivity index (χ0) is 20.6. The molecular formula is C23H22N2O4. The molecule has 0 aliphatic heterocycles. The lowest BCUT2D eigenvalue weighted by Crippen LogP contribution is -2.33. The van der Waals surface area contributed by atoms with Crippen molar-refractivity contribution >= 4 is 17.5 Å². The molecule has 0 spiro atoms. The van der Waals surface area contributed by atoms with Gasteiger partial charge in [0.25, 0.3) is 5.91 Å². The molecule has 0 unspecified atom stereocenters. The molecule has 0 saturated carbocycles. The molecule has 0 atom stereocenters. The van der Waals surface area contributed by atoms with Crippen LogP contribution in [-0.4, -0.2) is 25.5 Å². The van der Waals surface area contributed by atoms with Gasteiger partial charge in [-0.25, -0.2) is 0 Å². The number of ether oxygens (including phenoxy) is 2. The van der Waals surface area contributed by atoms with Crippen molar-refractivity contribution in [1.82, 2.24) is 5.32 Å². The van der Waals surface area contributed by atoms with E-state index >= 15 is 0 Å². The van der Waals surface area contributed by atoms with E-state index in [0.29, 0.717) is 28.5 Å². The summed E-state index contributed by atoms with van der Waals surface area (Å²) in [5.74, 6) is 0.875. The number of benzene rings is 3. The highest BCUT2D eigenvalue weighted by Crippen LogP contribution is 2.29. The van der Waals surface area contributed by atoms with E-state index in [4.69, 9.17) is 9.47 Å². The predicted molar refractivity (Wildman–Crippen MR) is 112 cm³/mol. The maximum atomic E-state index is 12.3. The number of amides is 2. The molecule has 3 aromatic carbocycles. The van der Waals surface area contributed by atoms with Gasteiger partial charge in [0.05, 0.1) is 24.9 Å². The Labute approximate surface area is 169 Å². The number of methoxy groups -OCH3 is 1. The maximum absolute atomic E-state index is 12.3. The third-order valence-electron chi connectivity index (χ3n) is 4.17. The number of carbonyl (C=O) groups is 2. The molecule has 2 N–H and O–H groups in total. The third-order valence-corrected chi connectivity index (χ3v) is 4.17. The van der Waals surface area contributed by atoms with Crippen molar-refractivity contribution in [1.29, 1.82) is 0 Å². The summed E-state index contributed by atoms with van der Waals surface area (Å²) in [6.45, 7) is 1.81. The van der Waals surface area contributed by atoms with Crippen molar-refractivity contribution in [3.8, 4) is 17.2 Å². The second-order valence-electron chi connectivity index (χ2n) is 6.34. The van der Waals surface area contributed by atoms with Crippen molar-refractivity contribution < 1.29 is 19.1 Å². The maximum Gasteiger partial charge on any atom is 0.255 e. The highest BCUT2D eigenvalue weighted by Gasteiger charge is 2.14. The van der Waals surface area contributed by atoms with Gasteiger partial charge in [-0.15, -0.1) is 0 Å². The molecule has 6 nitrogen and oxygen atoms in total. The summed E-state index contributed by atoms with van der Waals surface area (Å²) in [6, 6.07) is 21.6. The molecule has 0 fully saturated rings. The summed E-state index contributed by atoms with van der Waals surface area (Å²) >= 11 is 0. The Balaban J connectivity index is 1.62. The fraction of sp³-hybridized carbons (Fsp3) is 0.130. The molecule has 0 aromatic heterocycles. The molecule has 0 aliphatic rings. The van der Waals surface area contributed by atoms with E-state index in [1.54, 1.807) is 42.5 Å². The normalized spacial score (nSPS) is 10.1. The summed E-state index contributed by atoms with van der Waals surface area (Å²) in [6.07, 6.45) is 0. The molecule has 0 aliphatic carbocycles. The number of nitrogens with one attached hydrogen (secondary N) is 2. The quantitative estimate of drug-likeness (QED) is 0.635. The Morgan fingerprint density at radius 1 is 0.862 bits per heavy atom. The van der Waals surface area contributed by atoms with Crippen LogP contribution in [0.25, 0.3) is 0 Å². The molecule has 0 radical (unpaired) electrons. The van der Waals surface area contributed by atoms with E-state index < -0.39 is 0 Å². The topological polar surface area (TPSA) is 76.7 Å². The molecule has 0 bridgehead atoms. The van der Waals surface area contributed by atoms with Gasteiger partial charge in [-0.2, -0.15) is 0 Å². The fourth-order valence-corrected chi connectivity index (χ4v) is 2.67. The Kier molecular flexibility index (Phi) is 6.47. The summed E-state index contributed by atoms with van der Waals surface area (Å²) in [5, 5.41) is 5.36. The average molecular weight is 390 g/mol. The third kappa shape index (κ3) is 5.35. The predicted octanol–water partition coefficient (Wildman–Crippen LogP) is 4.16. The van der Waals surface area contributed by atoms with Crippen molar-refractivity contribution in [2.45, 2.75) is 6.92 Å². The van der Waals surface area contributed by atoms with Crippen LogP contribution in [0.1, 0.15) is 15.9 Å². The first-order valence-electron chi connectivity index (χ1n) is 9.11. The smallest absolute Gasteiger partial charge is 0.255 e.